The van der Waals surface area contributed by atoms with Gasteiger partial charge in [0.05, 0.1) is 25.5 Å². The van der Waals surface area contributed by atoms with E-state index in [1.807, 2.05) is 51.1 Å². The molecule has 2 N–H and O–H groups in total. The van der Waals surface area contributed by atoms with Crippen molar-refractivity contribution in [2.75, 3.05) is 37.8 Å². The molecule has 1 aliphatic rings. The van der Waals surface area contributed by atoms with Crippen LogP contribution < -0.4 is 24.4 Å². The van der Waals surface area contributed by atoms with Crippen LogP contribution >= 0.6 is 11.6 Å². The molecule has 8 nitrogen and oxygen atoms in total. The van der Waals surface area contributed by atoms with Crippen LogP contribution in [0, 0.1) is 0 Å². The molecule has 0 saturated carbocycles. The van der Waals surface area contributed by atoms with Crippen LogP contribution in [0.2, 0.25) is 5.02 Å². The highest BCUT2D eigenvalue weighted by Crippen LogP contribution is 2.39. The summed E-state index contributed by atoms with van der Waals surface area (Å²) in [6.45, 7) is 8.53. The summed E-state index contributed by atoms with van der Waals surface area (Å²) in [4.78, 5) is 15.3. The van der Waals surface area contributed by atoms with Gasteiger partial charge in [0.2, 0.25) is 5.75 Å². The van der Waals surface area contributed by atoms with Crippen molar-refractivity contribution in [3.8, 4) is 28.5 Å². The average molecular weight is 499 g/mol. The summed E-state index contributed by atoms with van der Waals surface area (Å²) in [5.74, 6) is 2.21. The molecule has 0 aliphatic carbocycles. The summed E-state index contributed by atoms with van der Waals surface area (Å²) in [7, 11) is 0. The van der Waals surface area contributed by atoms with Crippen LogP contribution in [-0.2, 0) is 0 Å². The molecule has 1 atom stereocenters. The van der Waals surface area contributed by atoms with Crippen LogP contribution in [0.3, 0.4) is 0 Å². The number of benzene rings is 2. The van der Waals surface area contributed by atoms with Crippen molar-refractivity contribution < 1.29 is 19.0 Å². The van der Waals surface area contributed by atoms with E-state index in [1.54, 1.807) is 12.1 Å². The topological polar surface area (TPSA) is 88.7 Å². The summed E-state index contributed by atoms with van der Waals surface area (Å²) >= 11 is 5.99. The maximum atomic E-state index is 13.1. The summed E-state index contributed by atoms with van der Waals surface area (Å²) in [6, 6.07) is 13.1. The molecule has 1 fully saturated rings. The van der Waals surface area contributed by atoms with Crippen molar-refractivity contribution in [3.05, 3.63) is 53.1 Å². The highest BCUT2D eigenvalue weighted by Gasteiger charge is 2.27. The van der Waals surface area contributed by atoms with Gasteiger partial charge in [-0.3, -0.25) is 9.89 Å². The van der Waals surface area contributed by atoms with Gasteiger partial charge >= 0.3 is 0 Å². The molecule has 1 aliphatic heterocycles. The Hall–Kier alpha value is -3.39. The molecule has 2 heterocycles. The molecule has 9 heteroatoms. The number of aromatic nitrogens is 2. The van der Waals surface area contributed by atoms with Crippen LogP contribution in [0.4, 0.5) is 5.82 Å². The number of nitrogens with one attached hydrogen (secondary N) is 2. The SMILES string of the molecule is CCOc1cc(C(=O)NC2CCN(c3cc(-c4ccc(Cl)cc4)[nH]n3)C2)cc(OCC)c1OCC. The highest BCUT2D eigenvalue weighted by atomic mass is 35.5. The lowest BCUT2D eigenvalue weighted by molar-refractivity contribution is 0.0939. The second kappa shape index (κ2) is 11.4. The minimum atomic E-state index is -0.175. The Labute approximate surface area is 210 Å². The third-order valence-corrected chi connectivity index (χ3v) is 5.99. The number of H-pyrrole nitrogens is 1. The van der Waals surface area contributed by atoms with Crippen LogP contribution in [0.5, 0.6) is 17.2 Å². The Morgan fingerprint density at radius 1 is 1.06 bits per heavy atom. The first kappa shape index (κ1) is 24.7. The molecular weight excluding hydrogens is 468 g/mol. The molecule has 35 heavy (non-hydrogen) atoms. The first-order valence-electron chi connectivity index (χ1n) is 12.0. The van der Waals surface area contributed by atoms with Crippen molar-refractivity contribution >= 4 is 23.3 Å². The van der Waals surface area contributed by atoms with E-state index < -0.39 is 0 Å². The number of hydrogen-bond acceptors (Lipinski definition) is 6. The number of halogens is 1. The molecule has 3 aromatic rings. The number of rotatable bonds is 10. The minimum absolute atomic E-state index is 0.00385. The third kappa shape index (κ3) is 5.82. The monoisotopic (exact) mass is 498 g/mol. The number of nitrogens with zero attached hydrogens (tertiary/aromatic N) is 2. The van der Waals surface area contributed by atoms with Crippen LogP contribution in [0.15, 0.2) is 42.5 Å². The molecule has 1 unspecified atom stereocenters. The number of carbonyl (C=O) groups is 1. The zero-order chi connectivity index (χ0) is 24.8. The average Bonchev–Trinajstić information content (AvgIpc) is 3.52. The fourth-order valence-electron chi connectivity index (χ4n) is 4.13. The van der Waals surface area contributed by atoms with E-state index in [9.17, 15) is 4.79 Å². The largest absolute Gasteiger partial charge is 0.490 e. The van der Waals surface area contributed by atoms with E-state index in [2.05, 4.69) is 20.4 Å². The predicted octanol–water partition coefficient (Wildman–Crippen LogP) is 4.93. The molecule has 1 saturated heterocycles. The van der Waals surface area contributed by atoms with Gasteiger partial charge in [0, 0.05) is 35.8 Å². The third-order valence-electron chi connectivity index (χ3n) is 5.74. The van der Waals surface area contributed by atoms with E-state index >= 15 is 0 Å². The second-order valence-electron chi connectivity index (χ2n) is 8.15. The lowest BCUT2D eigenvalue weighted by atomic mass is 10.1. The molecule has 1 amide bonds. The summed E-state index contributed by atoms with van der Waals surface area (Å²) in [5, 5.41) is 11.4. The molecule has 186 valence electrons. The van der Waals surface area contributed by atoms with Crippen LogP contribution in [0.1, 0.15) is 37.6 Å². The normalized spacial score (nSPS) is 15.2. The summed E-state index contributed by atoms with van der Waals surface area (Å²) < 4.78 is 17.2. The maximum absolute atomic E-state index is 13.1. The first-order chi connectivity index (χ1) is 17.0. The number of aromatic amines is 1. The number of hydrogen-bond donors (Lipinski definition) is 2. The van der Waals surface area contributed by atoms with Gasteiger partial charge in [-0.2, -0.15) is 5.10 Å². The van der Waals surface area contributed by atoms with Crippen molar-refractivity contribution in [3.63, 3.8) is 0 Å². The highest BCUT2D eigenvalue weighted by molar-refractivity contribution is 6.30. The van der Waals surface area contributed by atoms with Crippen LogP contribution in [0.25, 0.3) is 11.3 Å². The smallest absolute Gasteiger partial charge is 0.251 e. The van der Waals surface area contributed by atoms with E-state index in [1.165, 1.54) is 0 Å². The van der Waals surface area contributed by atoms with Gasteiger partial charge in [0.1, 0.15) is 0 Å². The Bertz CT molecular complexity index is 1120. The zero-order valence-electron chi connectivity index (χ0n) is 20.3. The molecule has 2 aromatic carbocycles. The molecule has 4 rings (SSSR count). The van der Waals surface area contributed by atoms with Crippen molar-refractivity contribution in [2.45, 2.75) is 33.2 Å². The zero-order valence-corrected chi connectivity index (χ0v) is 21.0. The van der Waals surface area contributed by atoms with E-state index in [-0.39, 0.29) is 11.9 Å². The molecule has 0 bridgehead atoms. The summed E-state index contributed by atoms with van der Waals surface area (Å²) in [6.07, 6.45) is 0.822. The summed E-state index contributed by atoms with van der Waals surface area (Å²) in [5.41, 5.74) is 2.41. The van der Waals surface area contributed by atoms with E-state index in [4.69, 9.17) is 25.8 Å². The van der Waals surface area contributed by atoms with Gasteiger partial charge in [-0.05, 0) is 57.0 Å². The van der Waals surface area contributed by atoms with Gasteiger partial charge in [-0.25, -0.2) is 0 Å². The van der Waals surface area contributed by atoms with Gasteiger partial charge in [0.15, 0.2) is 17.3 Å². The Morgan fingerprint density at radius 2 is 1.71 bits per heavy atom. The molecule has 1 aromatic heterocycles. The number of ether oxygens (including phenoxy) is 3. The van der Waals surface area contributed by atoms with Crippen molar-refractivity contribution in [1.82, 2.24) is 15.5 Å². The predicted molar refractivity (Wildman–Crippen MR) is 137 cm³/mol. The molecule has 0 spiro atoms. The van der Waals surface area contributed by atoms with E-state index in [0.717, 1.165) is 30.0 Å². The Kier molecular flexibility index (Phi) is 8.02. The lowest BCUT2D eigenvalue weighted by Crippen LogP contribution is -2.37. The van der Waals surface area contributed by atoms with E-state index in [0.29, 0.717) is 54.2 Å². The van der Waals surface area contributed by atoms with Gasteiger partial charge in [-0.15, -0.1) is 0 Å². The Morgan fingerprint density at radius 3 is 2.34 bits per heavy atom. The first-order valence-corrected chi connectivity index (χ1v) is 12.3. The second-order valence-corrected chi connectivity index (χ2v) is 8.59. The fraction of sp³-hybridized carbons (Fsp3) is 0.385. The van der Waals surface area contributed by atoms with Crippen LogP contribution in [-0.4, -0.2) is 55.1 Å². The molecule has 0 radical (unpaired) electrons. The Balaban J connectivity index is 1.44. The van der Waals surface area contributed by atoms with Crippen molar-refractivity contribution in [2.24, 2.45) is 0 Å². The minimum Gasteiger partial charge on any atom is -0.490 e. The van der Waals surface area contributed by atoms with Crippen molar-refractivity contribution in [1.29, 1.82) is 0 Å². The number of carbonyl (C=O) groups excluding carboxylic acids is 1. The molecular formula is C26H31ClN4O4. The standard InChI is InChI=1S/C26H31ClN4O4/c1-4-33-22-13-18(14-23(34-5-2)25(22)35-6-3)26(32)28-20-11-12-31(16-20)24-15-21(29-30-24)17-7-9-19(27)10-8-17/h7-10,13-15,20H,4-6,11-12,16H2,1-3H3,(H,28,32)(H,29,30). The maximum Gasteiger partial charge on any atom is 0.251 e. The fourth-order valence-corrected chi connectivity index (χ4v) is 4.25. The number of anilines is 1. The van der Waals surface area contributed by atoms with Gasteiger partial charge in [-0.1, -0.05) is 23.7 Å². The quantitative estimate of drug-likeness (QED) is 0.412. The lowest BCUT2D eigenvalue weighted by Gasteiger charge is -2.18. The van der Waals surface area contributed by atoms with Gasteiger partial charge in [0.25, 0.3) is 5.91 Å². The number of amides is 1. The van der Waals surface area contributed by atoms with Gasteiger partial charge < -0.3 is 24.4 Å².